The molecule has 2 rings (SSSR count). The molecule has 1 unspecified atom stereocenters. The fraction of sp³-hybridized carbons (Fsp3) is 0.455. The van der Waals surface area contributed by atoms with Crippen LogP contribution in [0, 0.1) is 0 Å². The van der Waals surface area contributed by atoms with E-state index < -0.39 is 0 Å². The minimum atomic E-state index is -0.328. The molecule has 5 heteroatoms. The number of nitrogens with zero attached hydrogens (tertiary/aromatic N) is 1. The second-order valence-corrected chi connectivity index (χ2v) is 4.78. The SMILES string of the molecule is COC(=O)c1ccnc(NC2CCSC2)c1. The highest BCUT2D eigenvalue weighted by atomic mass is 32.2. The molecular formula is C11H14N2O2S. The average molecular weight is 238 g/mol. The lowest BCUT2D eigenvalue weighted by atomic mass is 10.2. The van der Waals surface area contributed by atoms with Crippen molar-refractivity contribution in [1.82, 2.24) is 4.98 Å². The molecule has 0 aromatic carbocycles. The number of methoxy groups -OCH3 is 1. The Morgan fingerprint density at radius 3 is 3.25 bits per heavy atom. The van der Waals surface area contributed by atoms with Gasteiger partial charge >= 0.3 is 5.97 Å². The van der Waals surface area contributed by atoms with Crippen LogP contribution in [0.3, 0.4) is 0 Å². The van der Waals surface area contributed by atoms with Gasteiger partial charge in [0, 0.05) is 18.0 Å². The van der Waals surface area contributed by atoms with Crippen molar-refractivity contribution in [2.45, 2.75) is 12.5 Å². The van der Waals surface area contributed by atoms with Gasteiger partial charge in [-0.25, -0.2) is 9.78 Å². The highest BCUT2D eigenvalue weighted by Crippen LogP contribution is 2.20. The van der Waals surface area contributed by atoms with E-state index in [0.717, 1.165) is 18.0 Å². The van der Waals surface area contributed by atoms with Crippen molar-refractivity contribution < 1.29 is 9.53 Å². The molecule has 1 saturated heterocycles. The molecule has 4 nitrogen and oxygen atoms in total. The fourth-order valence-corrected chi connectivity index (χ4v) is 2.76. The molecular weight excluding hydrogens is 224 g/mol. The smallest absolute Gasteiger partial charge is 0.338 e. The number of carbonyl (C=O) groups excluding carboxylic acids is 1. The van der Waals surface area contributed by atoms with Crippen LogP contribution in [-0.2, 0) is 4.74 Å². The summed E-state index contributed by atoms with van der Waals surface area (Å²) in [5.41, 5.74) is 0.533. The molecule has 2 heterocycles. The zero-order valence-electron chi connectivity index (χ0n) is 9.10. The predicted molar refractivity (Wildman–Crippen MR) is 64.9 cm³/mol. The number of carbonyl (C=O) groups is 1. The normalized spacial score (nSPS) is 19.4. The molecule has 0 spiro atoms. The number of aromatic nitrogens is 1. The number of anilines is 1. The van der Waals surface area contributed by atoms with Crippen molar-refractivity contribution in [3.05, 3.63) is 23.9 Å². The Morgan fingerprint density at radius 2 is 2.56 bits per heavy atom. The maximum Gasteiger partial charge on any atom is 0.338 e. The van der Waals surface area contributed by atoms with E-state index in [9.17, 15) is 4.79 Å². The van der Waals surface area contributed by atoms with Gasteiger partial charge in [-0.2, -0.15) is 11.8 Å². The average Bonchev–Trinajstić information content (AvgIpc) is 2.81. The lowest BCUT2D eigenvalue weighted by Gasteiger charge is -2.12. The molecule has 1 aliphatic heterocycles. The van der Waals surface area contributed by atoms with Crippen LogP contribution < -0.4 is 5.32 Å². The Balaban J connectivity index is 2.06. The van der Waals surface area contributed by atoms with Crippen molar-refractivity contribution in [3.63, 3.8) is 0 Å². The van der Waals surface area contributed by atoms with Crippen LogP contribution in [-0.4, -0.2) is 35.6 Å². The van der Waals surface area contributed by atoms with Crippen LogP contribution in [0.5, 0.6) is 0 Å². The Hall–Kier alpha value is -1.23. The molecule has 1 N–H and O–H groups in total. The number of nitrogens with one attached hydrogen (secondary N) is 1. The van der Waals surface area contributed by atoms with Gasteiger partial charge in [0.1, 0.15) is 5.82 Å². The van der Waals surface area contributed by atoms with Gasteiger partial charge < -0.3 is 10.1 Å². The van der Waals surface area contributed by atoms with Gasteiger partial charge in [-0.1, -0.05) is 0 Å². The highest BCUT2D eigenvalue weighted by molar-refractivity contribution is 7.99. The summed E-state index contributed by atoms with van der Waals surface area (Å²) < 4.78 is 4.66. The highest BCUT2D eigenvalue weighted by Gasteiger charge is 2.16. The zero-order chi connectivity index (χ0) is 11.4. The number of pyridine rings is 1. The van der Waals surface area contributed by atoms with Crippen LogP contribution in [0.1, 0.15) is 16.8 Å². The van der Waals surface area contributed by atoms with Gasteiger partial charge in [-0.3, -0.25) is 0 Å². The van der Waals surface area contributed by atoms with Gasteiger partial charge in [0.25, 0.3) is 0 Å². The van der Waals surface area contributed by atoms with Gasteiger partial charge in [0.15, 0.2) is 0 Å². The van der Waals surface area contributed by atoms with Gasteiger partial charge in [-0.15, -0.1) is 0 Å². The zero-order valence-corrected chi connectivity index (χ0v) is 9.92. The number of esters is 1. The first kappa shape index (κ1) is 11.3. The van der Waals surface area contributed by atoms with E-state index in [-0.39, 0.29) is 5.97 Å². The second kappa shape index (κ2) is 5.21. The molecule has 86 valence electrons. The second-order valence-electron chi connectivity index (χ2n) is 3.63. The maximum atomic E-state index is 11.3. The number of ether oxygens (including phenoxy) is 1. The van der Waals surface area contributed by atoms with Crippen molar-refractivity contribution >= 4 is 23.5 Å². The monoisotopic (exact) mass is 238 g/mol. The van der Waals surface area contributed by atoms with Crippen LogP contribution in [0.25, 0.3) is 0 Å². The van der Waals surface area contributed by atoms with Crippen LogP contribution in [0.2, 0.25) is 0 Å². The lowest BCUT2D eigenvalue weighted by Crippen LogP contribution is -2.19. The molecule has 1 aromatic rings. The molecule has 1 aliphatic rings. The number of hydrogen-bond donors (Lipinski definition) is 1. The van der Waals surface area contributed by atoms with Crippen molar-refractivity contribution in [2.24, 2.45) is 0 Å². The summed E-state index contributed by atoms with van der Waals surface area (Å²) in [5.74, 6) is 2.71. The standard InChI is InChI=1S/C11H14N2O2S/c1-15-11(14)8-2-4-12-10(6-8)13-9-3-5-16-7-9/h2,4,6,9H,3,5,7H2,1H3,(H,12,13). The summed E-state index contributed by atoms with van der Waals surface area (Å²) in [6.45, 7) is 0. The first-order chi connectivity index (χ1) is 7.79. The Labute approximate surface area is 98.8 Å². The third-order valence-corrected chi connectivity index (χ3v) is 3.63. The third kappa shape index (κ3) is 2.66. The molecule has 0 saturated carbocycles. The fourth-order valence-electron chi connectivity index (χ4n) is 1.61. The minimum Gasteiger partial charge on any atom is -0.465 e. The first-order valence-electron chi connectivity index (χ1n) is 5.18. The van der Waals surface area contributed by atoms with E-state index in [4.69, 9.17) is 0 Å². The number of hydrogen-bond acceptors (Lipinski definition) is 5. The molecule has 0 radical (unpaired) electrons. The summed E-state index contributed by atoms with van der Waals surface area (Å²) in [4.78, 5) is 15.5. The summed E-state index contributed by atoms with van der Waals surface area (Å²) in [6.07, 6.45) is 2.77. The van der Waals surface area contributed by atoms with E-state index in [2.05, 4.69) is 15.0 Å². The molecule has 1 atom stereocenters. The molecule has 1 fully saturated rings. The van der Waals surface area contributed by atoms with E-state index in [1.165, 1.54) is 12.9 Å². The lowest BCUT2D eigenvalue weighted by molar-refractivity contribution is 0.0600. The van der Waals surface area contributed by atoms with E-state index in [1.54, 1.807) is 18.3 Å². The number of thioether (sulfide) groups is 1. The molecule has 1 aromatic heterocycles. The van der Waals surface area contributed by atoms with Crippen molar-refractivity contribution in [3.8, 4) is 0 Å². The van der Waals surface area contributed by atoms with Crippen molar-refractivity contribution in [2.75, 3.05) is 23.9 Å². The minimum absolute atomic E-state index is 0.328. The third-order valence-electron chi connectivity index (χ3n) is 2.46. The van der Waals surface area contributed by atoms with Gasteiger partial charge in [0.05, 0.1) is 12.7 Å². The van der Waals surface area contributed by atoms with Crippen LogP contribution in [0.15, 0.2) is 18.3 Å². The van der Waals surface area contributed by atoms with E-state index in [0.29, 0.717) is 11.6 Å². The Bertz CT molecular complexity index is 378. The van der Waals surface area contributed by atoms with E-state index in [1.807, 2.05) is 11.8 Å². The molecule has 0 amide bonds. The van der Waals surface area contributed by atoms with Gasteiger partial charge in [-0.05, 0) is 24.3 Å². The Kier molecular flexibility index (Phi) is 3.66. The number of rotatable bonds is 3. The van der Waals surface area contributed by atoms with E-state index >= 15 is 0 Å². The van der Waals surface area contributed by atoms with Crippen molar-refractivity contribution in [1.29, 1.82) is 0 Å². The first-order valence-corrected chi connectivity index (χ1v) is 6.33. The summed E-state index contributed by atoms with van der Waals surface area (Å²) in [6, 6.07) is 3.85. The molecule has 0 bridgehead atoms. The molecule has 0 aliphatic carbocycles. The summed E-state index contributed by atoms with van der Waals surface area (Å²) in [5, 5.41) is 3.32. The summed E-state index contributed by atoms with van der Waals surface area (Å²) >= 11 is 1.93. The molecule has 16 heavy (non-hydrogen) atoms. The van der Waals surface area contributed by atoms with Crippen LogP contribution in [0.4, 0.5) is 5.82 Å². The maximum absolute atomic E-state index is 11.3. The largest absolute Gasteiger partial charge is 0.465 e. The Morgan fingerprint density at radius 1 is 1.69 bits per heavy atom. The van der Waals surface area contributed by atoms with Gasteiger partial charge in [0.2, 0.25) is 0 Å². The topological polar surface area (TPSA) is 51.2 Å². The predicted octanol–water partition coefficient (Wildman–Crippen LogP) is 1.79. The quantitative estimate of drug-likeness (QED) is 0.814. The van der Waals surface area contributed by atoms with Crippen LogP contribution >= 0.6 is 11.8 Å². The summed E-state index contributed by atoms with van der Waals surface area (Å²) in [7, 11) is 1.38.